The van der Waals surface area contributed by atoms with Crippen molar-refractivity contribution in [1.29, 1.82) is 0 Å². The van der Waals surface area contributed by atoms with Crippen LogP contribution in [-0.4, -0.2) is 55.6 Å². The highest BCUT2D eigenvalue weighted by molar-refractivity contribution is 5.98. The van der Waals surface area contributed by atoms with Crippen LogP contribution in [0, 0.1) is 5.82 Å². The lowest BCUT2D eigenvalue weighted by Crippen LogP contribution is -2.44. The van der Waals surface area contributed by atoms with E-state index in [9.17, 15) is 9.18 Å². The maximum atomic E-state index is 13.3. The molecule has 2 N–H and O–H groups in total. The Bertz CT molecular complexity index is 976. The van der Waals surface area contributed by atoms with Crippen molar-refractivity contribution in [1.82, 2.24) is 15.2 Å². The number of fused-ring (bicyclic) bond motifs is 1. The van der Waals surface area contributed by atoms with E-state index in [0.29, 0.717) is 17.6 Å². The van der Waals surface area contributed by atoms with E-state index < -0.39 is 0 Å². The summed E-state index contributed by atoms with van der Waals surface area (Å²) < 4.78 is 13.3. The summed E-state index contributed by atoms with van der Waals surface area (Å²) in [6, 6.07) is 14.5. The van der Waals surface area contributed by atoms with Crippen molar-refractivity contribution < 1.29 is 9.18 Å². The molecule has 2 aromatic carbocycles. The first kappa shape index (κ1) is 18.5. The maximum Gasteiger partial charge on any atom is 0.267 e. The first-order valence-corrected chi connectivity index (χ1v) is 9.68. The van der Waals surface area contributed by atoms with E-state index in [1.165, 1.54) is 23.4 Å². The van der Waals surface area contributed by atoms with Crippen molar-refractivity contribution in [2.45, 2.75) is 6.42 Å². The Kier molecular flexibility index (Phi) is 5.30. The van der Waals surface area contributed by atoms with Gasteiger partial charge in [0.2, 0.25) is 0 Å². The van der Waals surface area contributed by atoms with Crippen molar-refractivity contribution in [2.24, 2.45) is 0 Å². The number of amides is 1. The summed E-state index contributed by atoms with van der Waals surface area (Å²) >= 11 is 0. The van der Waals surface area contributed by atoms with Gasteiger partial charge in [0.1, 0.15) is 11.5 Å². The Morgan fingerprint density at radius 3 is 2.71 bits per heavy atom. The smallest absolute Gasteiger partial charge is 0.267 e. The average molecular weight is 380 g/mol. The van der Waals surface area contributed by atoms with Crippen LogP contribution in [0.5, 0.6) is 0 Å². The molecule has 3 aromatic rings. The van der Waals surface area contributed by atoms with Crippen molar-refractivity contribution in [2.75, 3.05) is 44.7 Å². The molecule has 1 aromatic heterocycles. The highest BCUT2D eigenvalue weighted by Crippen LogP contribution is 2.22. The number of carbonyl (C=O) groups is 1. The number of H-pyrrole nitrogens is 1. The number of anilines is 1. The van der Waals surface area contributed by atoms with E-state index in [2.05, 4.69) is 45.3 Å². The van der Waals surface area contributed by atoms with E-state index >= 15 is 0 Å². The van der Waals surface area contributed by atoms with Gasteiger partial charge >= 0.3 is 0 Å². The monoisotopic (exact) mass is 380 g/mol. The number of para-hydroxylation sites is 1. The lowest BCUT2D eigenvalue weighted by Gasteiger charge is -2.35. The number of carbonyl (C=O) groups excluding carboxylic acids is 1. The standard InChI is InChI=1S/C22H25FN4O/c1-26-10-12-27(13-11-26)21-5-3-2-4-16(21)8-9-24-22(28)20-15-17-14-18(23)6-7-19(17)25-20/h2-7,14-15,25H,8-13H2,1H3,(H,24,28). The normalized spacial score (nSPS) is 15.1. The van der Waals surface area contributed by atoms with E-state index in [0.717, 1.165) is 38.1 Å². The molecule has 5 nitrogen and oxygen atoms in total. The van der Waals surface area contributed by atoms with Gasteiger partial charge in [-0.25, -0.2) is 4.39 Å². The minimum atomic E-state index is -0.307. The Morgan fingerprint density at radius 1 is 1.11 bits per heavy atom. The third-order valence-corrected chi connectivity index (χ3v) is 5.34. The number of nitrogens with one attached hydrogen (secondary N) is 2. The molecule has 2 heterocycles. The molecule has 0 aliphatic carbocycles. The van der Waals surface area contributed by atoms with E-state index in [-0.39, 0.29) is 11.7 Å². The number of piperazine rings is 1. The van der Waals surface area contributed by atoms with Gasteiger partial charge in [-0.1, -0.05) is 18.2 Å². The first-order valence-electron chi connectivity index (χ1n) is 9.68. The molecule has 4 rings (SSSR count). The largest absolute Gasteiger partial charge is 0.369 e. The second-order valence-electron chi connectivity index (χ2n) is 7.34. The molecule has 0 radical (unpaired) electrons. The number of hydrogen-bond acceptors (Lipinski definition) is 3. The zero-order valence-corrected chi connectivity index (χ0v) is 16.0. The Balaban J connectivity index is 1.39. The fourth-order valence-electron chi connectivity index (χ4n) is 3.71. The zero-order valence-electron chi connectivity index (χ0n) is 16.0. The predicted octanol–water partition coefficient (Wildman–Crippen LogP) is 3.03. The number of likely N-dealkylation sites (N-methyl/N-ethyl adjacent to an activating group) is 1. The van der Waals surface area contributed by atoms with Gasteiger partial charge in [0.15, 0.2) is 0 Å². The van der Waals surface area contributed by atoms with E-state index in [4.69, 9.17) is 0 Å². The van der Waals surface area contributed by atoms with Gasteiger partial charge < -0.3 is 20.1 Å². The van der Waals surface area contributed by atoms with Gasteiger partial charge in [0.25, 0.3) is 5.91 Å². The summed E-state index contributed by atoms with van der Waals surface area (Å²) in [6.07, 6.45) is 0.767. The molecule has 146 valence electrons. The SMILES string of the molecule is CN1CCN(c2ccccc2CCNC(=O)c2cc3cc(F)ccc3[nH]2)CC1. The number of aromatic nitrogens is 1. The summed E-state index contributed by atoms with van der Waals surface area (Å²) in [5.41, 5.74) is 3.71. The third-order valence-electron chi connectivity index (χ3n) is 5.34. The van der Waals surface area contributed by atoms with Crippen molar-refractivity contribution >= 4 is 22.5 Å². The summed E-state index contributed by atoms with van der Waals surface area (Å²) in [5.74, 6) is -0.479. The Morgan fingerprint density at radius 2 is 1.89 bits per heavy atom. The van der Waals surface area contributed by atoms with Gasteiger partial charge in [0.05, 0.1) is 0 Å². The van der Waals surface area contributed by atoms with Crippen LogP contribution in [0.25, 0.3) is 10.9 Å². The van der Waals surface area contributed by atoms with Gasteiger partial charge in [0, 0.05) is 49.3 Å². The topological polar surface area (TPSA) is 51.4 Å². The van der Waals surface area contributed by atoms with Crippen LogP contribution in [0.15, 0.2) is 48.5 Å². The number of nitrogens with zero attached hydrogens (tertiary/aromatic N) is 2. The maximum absolute atomic E-state index is 13.3. The van der Waals surface area contributed by atoms with Gasteiger partial charge in [-0.2, -0.15) is 0 Å². The number of benzene rings is 2. The van der Waals surface area contributed by atoms with Crippen LogP contribution in [-0.2, 0) is 6.42 Å². The van der Waals surface area contributed by atoms with Crippen LogP contribution in [0.4, 0.5) is 10.1 Å². The van der Waals surface area contributed by atoms with Gasteiger partial charge in [-0.15, -0.1) is 0 Å². The van der Waals surface area contributed by atoms with Crippen LogP contribution in [0.3, 0.4) is 0 Å². The first-order chi connectivity index (χ1) is 13.6. The molecule has 6 heteroatoms. The molecule has 1 amide bonds. The molecule has 0 saturated carbocycles. The molecule has 1 saturated heterocycles. The number of aromatic amines is 1. The third kappa shape index (κ3) is 4.02. The summed E-state index contributed by atoms with van der Waals surface area (Å²) in [5, 5.41) is 3.67. The van der Waals surface area contributed by atoms with Gasteiger partial charge in [-0.05, 0) is 49.4 Å². The Labute approximate surface area is 164 Å². The molecule has 28 heavy (non-hydrogen) atoms. The fourth-order valence-corrected chi connectivity index (χ4v) is 3.71. The lowest BCUT2D eigenvalue weighted by atomic mass is 10.1. The summed E-state index contributed by atoms with van der Waals surface area (Å²) in [4.78, 5) is 20.3. The molecule has 0 atom stereocenters. The number of hydrogen-bond donors (Lipinski definition) is 2. The number of rotatable bonds is 5. The van der Waals surface area contributed by atoms with Crippen LogP contribution >= 0.6 is 0 Å². The quantitative estimate of drug-likeness (QED) is 0.715. The molecular weight excluding hydrogens is 355 g/mol. The van der Waals surface area contributed by atoms with Crippen LogP contribution < -0.4 is 10.2 Å². The molecule has 1 aliphatic heterocycles. The molecule has 1 aliphatic rings. The molecule has 1 fully saturated rings. The molecule has 0 spiro atoms. The predicted molar refractivity (Wildman–Crippen MR) is 110 cm³/mol. The fraction of sp³-hybridized carbons (Fsp3) is 0.318. The number of halogens is 1. The van der Waals surface area contributed by atoms with Crippen LogP contribution in [0.1, 0.15) is 16.1 Å². The minimum absolute atomic E-state index is 0.173. The van der Waals surface area contributed by atoms with Crippen molar-refractivity contribution in [3.05, 3.63) is 65.6 Å². The van der Waals surface area contributed by atoms with Crippen molar-refractivity contribution in [3.8, 4) is 0 Å². The minimum Gasteiger partial charge on any atom is -0.369 e. The second-order valence-corrected chi connectivity index (χ2v) is 7.34. The van der Waals surface area contributed by atoms with Gasteiger partial charge in [-0.3, -0.25) is 4.79 Å². The highest BCUT2D eigenvalue weighted by Gasteiger charge is 2.17. The highest BCUT2D eigenvalue weighted by atomic mass is 19.1. The molecular formula is C22H25FN4O. The van der Waals surface area contributed by atoms with E-state index in [1.807, 2.05) is 6.07 Å². The summed E-state index contributed by atoms with van der Waals surface area (Å²) in [7, 11) is 2.15. The molecule has 0 unspecified atom stereocenters. The van der Waals surface area contributed by atoms with E-state index in [1.54, 1.807) is 12.1 Å². The Hall–Kier alpha value is -2.86. The summed E-state index contributed by atoms with van der Waals surface area (Å²) in [6.45, 7) is 4.71. The van der Waals surface area contributed by atoms with Crippen LogP contribution in [0.2, 0.25) is 0 Å². The lowest BCUT2D eigenvalue weighted by molar-refractivity contribution is 0.0950. The second kappa shape index (κ2) is 8.02. The zero-order chi connectivity index (χ0) is 19.5. The van der Waals surface area contributed by atoms with Crippen molar-refractivity contribution in [3.63, 3.8) is 0 Å². The molecule has 0 bridgehead atoms. The average Bonchev–Trinajstić information content (AvgIpc) is 3.12.